The second-order valence-electron chi connectivity index (χ2n) is 6.98. The molecule has 2 rings (SSSR count). The summed E-state index contributed by atoms with van der Waals surface area (Å²) in [6, 6.07) is 8.48. The molecule has 0 unspecified atom stereocenters. The first-order valence-electron chi connectivity index (χ1n) is 8.04. The molecule has 1 aliphatic heterocycles. The van der Waals surface area contributed by atoms with Crippen molar-refractivity contribution in [1.82, 2.24) is 4.90 Å². The predicted molar refractivity (Wildman–Crippen MR) is 85.8 cm³/mol. The Balaban J connectivity index is 1.81. The minimum Gasteiger partial charge on any atom is -0.490 e. The van der Waals surface area contributed by atoms with Crippen molar-refractivity contribution >= 4 is 0 Å². The van der Waals surface area contributed by atoms with Crippen LogP contribution >= 0.6 is 0 Å². The molecule has 1 aromatic carbocycles. The first-order valence-corrected chi connectivity index (χ1v) is 8.04. The van der Waals surface area contributed by atoms with Crippen LogP contribution in [-0.2, 0) is 5.41 Å². The zero-order valence-corrected chi connectivity index (χ0v) is 13.6. The molecule has 3 heteroatoms. The Hall–Kier alpha value is -1.09. The Morgan fingerprint density at radius 1 is 1.14 bits per heavy atom. The summed E-state index contributed by atoms with van der Waals surface area (Å²) >= 11 is 0. The Morgan fingerprint density at radius 3 is 2.29 bits per heavy atom. The maximum Gasteiger partial charge on any atom is 0.119 e. The van der Waals surface area contributed by atoms with Crippen LogP contribution in [0.1, 0.15) is 45.6 Å². The van der Waals surface area contributed by atoms with E-state index < -0.39 is 0 Å². The summed E-state index contributed by atoms with van der Waals surface area (Å²) in [5.74, 6) is 0.963. The van der Waals surface area contributed by atoms with E-state index in [1.807, 2.05) is 0 Å². The molecule has 21 heavy (non-hydrogen) atoms. The summed E-state index contributed by atoms with van der Waals surface area (Å²) in [4.78, 5) is 2.34. The number of rotatable bonds is 5. The van der Waals surface area contributed by atoms with Gasteiger partial charge in [-0.15, -0.1) is 0 Å². The molecule has 0 spiro atoms. The molecular weight excluding hydrogens is 265 g/mol. The van der Waals surface area contributed by atoms with Crippen molar-refractivity contribution in [1.29, 1.82) is 0 Å². The number of hydrogen-bond acceptors (Lipinski definition) is 2. The maximum absolute atomic E-state index is 12.2. The molecule has 0 N–H and O–H groups in total. The van der Waals surface area contributed by atoms with Gasteiger partial charge in [0.05, 0.1) is 6.67 Å². The van der Waals surface area contributed by atoms with Gasteiger partial charge in [0.2, 0.25) is 0 Å². The first-order chi connectivity index (χ1) is 9.99. The predicted octanol–water partition coefficient (Wildman–Crippen LogP) is 4.19. The maximum atomic E-state index is 12.2. The molecule has 0 saturated carbocycles. The van der Waals surface area contributed by atoms with E-state index in [0.29, 0.717) is 12.5 Å². The van der Waals surface area contributed by atoms with Crippen molar-refractivity contribution in [2.75, 3.05) is 26.3 Å². The molecule has 118 valence electrons. The van der Waals surface area contributed by atoms with Gasteiger partial charge < -0.3 is 9.64 Å². The van der Waals surface area contributed by atoms with Crippen molar-refractivity contribution in [2.24, 2.45) is 0 Å². The molecule has 0 aromatic heterocycles. The monoisotopic (exact) mass is 293 g/mol. The fourth-order valence-electron chi connectivity index (χ4n) is 2.76. The van der Waals surface area contributed by atoms with Gasteiger partial charge >= 0.3 is 0 Å². The first kappa shape index (κ1) is 16.3. The number of alkyl halides is 1. The lowest BCUT2D eigenvalue weighted by atomic mass is 9.87. The van der Waals surface area contributed by atoms with E-state index in [1.54, 1.807) is 0 Å². The van der Waals surface area contributed by atoms with Crippen LogP contribution in [0.2, 0.25) is 0 Å². The van der Waals surface area contributed by atoms with Crippen molar-refractivity contribution in [2.45, 2.75) is 51.6 Å². The van der Waals surface area contributed by atoms with E-state index in [9.17, 15) is 4.39 Å². The molecule has 1 fully saturated rings. The molecule has 0 atom stereocenters. The summed E-state index contributed by atoms with van der Waals surface area (Å²) in [6.07, 6.45) is 3.02. The lowest BCUT2D eigenvalue weighted by Crippen LogP contribution is -2.38. The highest BCUT2D eigenvalue weighted by Gasteiger charge is 2.20. The summed E-state index contributed by atoms with van der Waals surface area (Å²) in [7, 11) is 0. The zero-order chi connectivity index (χ0) is 15.3. The number of piperidine rings is 1. The molecule has 1 aliphatic rings. The van der Waals surface area contributed by atoms with Crippen LogP contribution in [0.3, 0.4) is 0 Å². The van der Waals surface area contributed by atoms with E-state index >= 15 is 0 Å². The van der Waals surface area contributed by atoms with Gasteiger partial charge in [0, 0.05) is 19.6 Å². The lowest BCUT2D eigenvalue weighted by molar-refractivity contribution is 0.0987. The average molecular weight is 293 g/mol. The number of likely N-dealkylation sites (tertiary alicyclic amines) is 1. The van der Waals surface area contributed by atoms with Gasteiger partial charge in [0.15, 0.2) is 0 Å². The van der Waals surface area contributed by atoms with Crippen LogP contribution in [0.5, 0.6) is 5.75 Å². The standard InChI is InChI=1S/C18H28FNO/c1-18(2,3)15-5-7-16(8-6-15)21-17-9-13-20(14-10-17)12-4-11-19/h5-8,17H,4,9-14H2,1-3H3. The van der Waals surface area contributed by atoms with Crippen molar-refractivity contribution in [3.63, 3.8) is 0 Å². The van der Waals surface area contributed by atoms with E-state index in [2.05, 4.69) is 49.9 Å². The van der Waals surface area contributed by atoms with E-state index in [4.69, 9.17) is 4.74 Å². The summed E-state index contributed by atoms with van der Waals surface area (Å²) in [6.45, 7) is 9.36. The molecule has 1 heterocycles. The molecule has 0 aliphatic carbocycles. The minimum absolute atomic E-state index is 0.181. The highest BCUT2D eigenvalue weighted by Crippen LogP contribution is 2.25. The molecule has 1 saturated heterocycles. The topological polar surface area (TPSA) is 12.5 Å². The fourth-order valence-corrected chi connectivity index (χ4v) is 2.76. The van der Waals surface area contributed by atoms with Gasteiger partial charge in [0.25, 0.3) is 0 Å². The Labute approximate surface area is 128 Å². The Morgan fingerprint density at radius 2 is 1.76 bits per heavy atom. The van der Waals surface area contributed by atoms with E-state index in [0.717, 1.165) is 38.2 Å². The molecule has 0 bridgehead atoms. The third-order valence-corrected chi connectivity index (χ3v) is 4.17. The van der Waals surface area contributed by atoms with Gasteiger partial charge in [-0.25, -0.2) is 0 Å². The van der Waals surface area contributed by atoms with Gasteiger partial charge in [-0.2, -0.15) is 0 Å². The summed E-state index contributed by atoms with van der Waals surface area (Å²) in [5.41, 5.74) is 1.51. The number of nitrogens with zero attached hydrogens (tertiary/aromatic N) is 1. The highest BCUT2D eigenvalue weighted by molar-refractivity contribution is 5.31. The van der Waals surface area contributed by atoms with Gasteiger partial charge in [-0.05, 0) is 42.4 Å². The van der Waals surface area contributed by atoms with Crippen LogP contribution in [0.25, 0.3) is 0 Å². The molecular formula is C18H28FNO. The largest absolute Gasteiger partial charge is 0.490 e. The highest BCUT2D eigenvalue weighted by atomic mass is 19.1. The Bertz CT molecular complexity index is 416. The third kappa shape index (κ3) is 4.99. The number of halogens is 1. The third-order valence-electron chi connectivity index (χ3n) is 4.17. The van der Waals surface area contributed by atoms with Gasteiger partial charge in [-0.3, -0.25) is 4.39 Å². The minimum atomic E-state index is -0.212. The van der Waals surface area contributed by atoms with Crippen LogP contribution in [-0.4, -0.2) is 37.3 Å². The summed E-state index contributed by atoms with van der Waals surface area (Å²) < 4.78 is 18.3. The van der Waals surface area contributed by atoms with Gasteiger partial charge in [-0.1, -0.05) is 32.9 Å². The van der Waals surface area contributed by atoms with Crippen molar-refractivity contribution < 1.29 is 9.13 Å². The van der Waals surface area contributed by atoms with Crippen molar-refractivity contribution in [3.05, 3.63) is 29.8 Å². The fraction of sp³-hybridized carbons (Fsp3) is 0.667. The lowest BCUT2D eigenvalue weighted by Gasteiger charge is -2.32. The second-order valence-corrected chi connectivity index (χ2v) is 6.98. The SMILES string of the molecule is CC(C)(C)c1ccc(OC2CCN(CCCF)CC2)cc1. The molecule has 2 nitrogen and oxygen atoms in total. The zero-order valence-electron chi connectivity index (χ0n) is 13.6. The van der Waals surface area contributed by atoms with E-state index in [1.165, 1.54) is 5.56 Å². The van der Waals surface area contributed by atoms with E-state index in [-0.39, 0.29) is 12.1 Å². The summed E-state index contributed by atoms with van der Waals surface area (Å²) in [5, 5.41) is 0. The van der Waals surface area contributed by atoms with Crippen LogP contribution < -0.4 is 4.74 Å². The molecule has 1 aromatic rings. The number of ether oxygens (including phenoxy) is 1. The normalized spacial score (nSPS) is 17.9. The smallest absolute Gasteiger partial charge is 0.119 e. The molecule has 0 radical (unpaired) electrons. The van der Waals surface area contributed by atoms with Crippen molar-refractivity contribution in [3.8, 4) is 5.75 Å². The van der Waals surface area contributed by atoms with Crippen LogP contribution in [0, 0.1) is 0 Å². The second kappa shape index (κ2) is 7.26. The van der Waals surface area contributed by atoms with Crippen LogP contribution in [0.4, 0.5) is 4.39 Å². The quantitative estimate of drug-likeness (QED) is 0.807. The van der Waals surface area contributed by atoms with Crippen LogP contribution in [0.15, 0.2) is 24.3 Å². The van der Waals surface area contributed by atoms with Gasteiger partial charge in [0.1, 0.15) is 11.9 Å². The average Bonchev–Trinajstić information content (AvgIpc) is 2.46. The Kier molecular flexibility index (Phi) is 5.63. The molecule has 0 amide bonds. The number of hydrogen-bond donors (Lipinski definition) is 0. The number of benzene rings is 1.